The van der Waals surface area contributed by atoms with Gasteiger partial charge in [0.15, 0.2) is 5.78 Å². The van der Waals surface area contributed by atoms with E-state index in [1.165, 1.54) is 0 Å². The summed E-state index contributed by atoms with van der Waals surface area (Å²) in [5.74, 6) is 0.113. The molecule has 2 aromatic rings. The number of halogens is 1. The Hall–Kier alpha value is -1.42. The Balaban J connectivity index is 2.11. The number of benzene rings is 1. The van der Waals surface area contributed by atoms with E-state index in [0.717, 1.165) is 22.1 Å². The van der Waals surface area contributed by atoms with Crippen LogP contribution >= 0.6 is 15.9 Å². The number of aryl methyl sites for hydroxylation is 1. The van der Waals surface area contributed by atoms with E-state index in [1.54, 1.807) is 6.20 Å². The predicted octanol–water partition coefficient (Wildman–Crippen LogP) is 3.09. The third kappa shape index (κ3) is 3.03. The molecule has 0 N–H and O–H groups in total. The highest BCUT2D eigenvalue weighted by molar-refractivity contribution is 9.10. The van der Waals surface area contributed by atoms with Gasteiger partial charge in [-0.1, -0.05) is 28.1 Å². The number of carbonyl (C=O) groups is 1. The van der Waals surface area contributed by atoms with E-state index in [1.807, 2.05) is 42.1 Å². The Morgan fingerprint density at radius 1 is 1.47 bits per heavy atom. The fraction of sp³-hybridized carbons (Fsp3) is 0.231. The smallest absolute Gasteiger partial charge is 0.167 e. The fourth-order valence-electron chi connectivity index (χ4n) is 1.62. The number of rotatable bonds is 4. The highest BCUT2D eigenvalue weighted by atomic mass is 79.9. The largest absolute Gasteiger partial charge is 0.294 e. The van der Waals surface area contributed by atoms with Gasteiger partial charge in [0.1, 0.15) is 0 Å². The summed E-state index contributed by atoms with van der Waals surface area (Å²) in [5, 5.41) is 4.15. The molecule has 1 aromatic heterocycles. The van der Waals surface area contributed by atoms with Crippen molar-refractivity contribution in [1.82, 2.24) is 9.78 Å². The van der Waals surface area contributed by atoms with E-state index in [4.69, 9.17) is 0 Å². The molecule has 0 aliphatic rings. The molecule has 0 saturated heterocycles. The number of ketones is 1. The average molecular weight is 293 g/mol. The lowest BCUT2D eigenvalue weighted by Crippen LogP contribution is -2.02. The van der Waals surface area contributed by atoms with Crippen LogP contribution in [0.25, 0.3) is 0 Å². The molecule has 0 amide bonds. The summed E-state index contributed by atoms with van der Waals surface area (Å²) in [6, 6.07) is 7.45. The molecule has 2 rings (SSSR count). The van der Waals surface area contributed by atoms with E-state index in [-0.39, 0.29) is 5.78 Å². The zero-order chi connectivity index (χ0) is 12.3. The van der Waals surface area contributed by atoms with Crippen LogP contribution in [-0.2, 0) is 13.0 Å². The fourth-order valence-corrected chi connectivity index (χ4v) is 2.02. The van der Waals surface area contributed by atoms with Crippen molar-refractivity contribution in [1.29, 1.82) is 0 Å². The maximum atomic E-state index is 12.0. The number of nitrogens with zero attached hydrogens (tertiary/aromatic N) is 2. The van der Waals surface area contributed by atoms with Crippen molar-refractivity contribution in [3.63, 3.8) is 0 Å². The highest BCUT2D eigenvalue weighted by Gasteiger charge is 2.08. The van der Waals surface area contributed by atoms with Gasteiger partial charge in [-0.15, -0.1) is 0 Å². The molecule has 0 unspecified atom stereocenters. The van der Waals surface area contributed by atoms with Gasteiger partial charge in [0.25, 0.3) is 0 Å². The molecule has 0 spiro atoms. The molecule has 0 aliphatic carbocycles. The molecule has 3 nitrogen and oxygen atoms in total. The molecule has 0 atom stereocenters. The predicted molar refractivity (Wildman–Crippen MR) is 70.1 cm³/mol. The molecule has 0 fully saturated rings. The Labute approximate surface area is 109 Å². The number of hydrogen-bond donors (Lipinski definition) is 0. The molecule has 0 radical (unpaired) electrons. The van der Waals surface area contributed by atoms with Crippen molar-refractivity contribution in [3.05, 3.63) is 52.3 Å². The summed E-state index contributed by atoms with van der Waals surface area (Å²) in [4.78, 5) is 12.0. The lowest BCUT2D eigenvalue weighted by molar-refractivity contribution is 0.0993. The quantitative estimate of drug-likeness (QED) is 0.812. The molecule has 4 heteroatoms. The molecule has 88 valence electrons. The van der Waals surface area contributed by atoms with Gasteiger partial charge in [0, 0.05) is 29.2 Å². The van der Waals surface area contributed by atoms with E-state index in [2.05, 4.69) is 21.0 Å². The van der Waals surface area contributed by atoms with Gasteiger partial charge >= 0.3 is 0 Å². The lowest BCUT2D eigenvalue weighted by Gasteiger charge is -1.99. The van der Waals surface area contributed by atoms with Gasteiger partial charge in [-0.3, -0.25) is 9.48 Å². The first kappa shape index (κ1) is 12.0. The van der Waals surface area contributed by atoms with Crippen LogP contribution in [0.5, 0.6) is 0 Å². The topological polar surface area (TPSA) is 34.9 Å². The molecule has 1 heterocycles. The first-order chi connectivity index (χ1) is 8.19. The maximum absolute atomic E-state index is 12.0. The zero-order valence-electron chi connectivity index (χ0n) is 9.56. The van der Waals surface area contributed by atoms with Crippen LogP contribution in [0.15, 0.2) is 41.1 Å². The van der Waals surface area contributed by atoms with Crippen LogP contribution in [-0.4, -0.2) is 15.6 Å². The summed E-state index contributed by atoms with van der Waals surface area (Å²) in [6.07, 6.45) is 4.06. The highest BCUT2D eigenvalue weighted by Crippen LogP contribution is 2.14. The molecule has 0 saturated carbocycles. The first-order valence-electron chi connectivity index (χ1n) is 5.49. The number of carbonyl (C=O) groups excluding carboxylic acids is 1. The number of hydrogen-bond acceptors (Lipinski definition) is 2. The normalized spacial score (nSPS) is 10.5. The van der Waals surface area contributed by atoms with E-state index in [9.17, 15) is 4.79 Å². The van der Waals surface area contributed by atoms with E-state index >= 15 is 0 Å². The summed E-state index contributed by atoms with van der Waals surface area (Å²) < 4.78 is 2.75. The molecular weight excluding hydrogens is 280 g/mol. The first-order valence-corrected chi connectivity index (χ1v) is 6.28. The zero-order valence-corrected chi connectivity index (χ0v) is 11.1. The second kappa shape index (κ2) is 5.27. The minimum Gasteiger partial charge on any atom is -0.294 e. The van der Waals surface area contributed by atoms with Crippen molar-refractivity contribution in [3.8, 4) is 0 Å². The third-order valence-electron chi connectivity index (χ3n) is 2.52. The molecule has 17 heavy (non-hydrogen) atoms. The van der Waals surface area contributed by atoms with Crippen molar-refractivity contribution in [2.24, 2.45) is 0 Å². The van der Waals surface area contributed by atoms with Gasteiger partial charge in [-0.25, -0.2) is 0 Å². The Kier molecular flexibility index (Phi) is 3.74. The van der Waals surface area contributed by atoms with E-state index in [0.29, 0.717) is 6.42 Å². The molecule has 0 bridgehead atoms. The standard InChI is InChI=1S/C13H13BrN2O/c1-2-16-9-10(8-15-16)6-13(17)11-4-3-5-12(14)7-11/h3-5,7-9H,2,6H2,1H3. The Bertz CT molecular complexity index is 534. The molecule has 1 aromatic carbocycles. The Morgan fingerprint density at radius 2 is 2.29 bits per heavy atom. The van der Waals surface area contributed by atoms with Crippen LogP contribution in [0.4, 0.5) is 0 Å². The average Bonchev–Trinajstić information content (AvgIpc) is 2.77. The second-order valence-electron chi connectivity index (χ2n) is 3.81. The molecular formula is C13H13BrN2O. The van der Waals surface area contributed by atoms with Crippen LogP contribution in [0.1, 0.15) is 22.8 Å². The second-order valence-corrected chi connectivity index (χ2v) is 4.73. The van der Waals surface area contributed by atoms with E-state index < -0.39 is 0 Å². The summed E-state index contributed by atoms with van der Waals surface area (Å²) in [6.45, 7) is 2.85. The Morgan fingerprint density at radius 3 is 2.94 bits per heavy atom. The minimum absolute atomic E-state index is 0.113. The summed E-state index contributed by atoms with van der Waals surface area (Å²) >= 11 is 3.36. The summed E-state index contributed by atoms with van der Waals surface area (Å²) in [7, 11) is 0. The minimum atomic E-state index is 0.113. The molecule has 0 aliphatic heterocycles. The van der Waals surface area contributed by atoms with Crippen molar-refractivity contribution in [2.45, 2.75) is 19.9 Å². The van der Waals surface area contributed by atoms with Gasteiger partial charge in [-0.05, 0) is 24.6 Å². The van der Waals surface area contributed by atoms with Crippen molar-refractivity contribution in [2.75, 3.05) is 0 Å². The van der Waals surface area contributed by atoms with Gasteiger partial charge in [-0.2, -0.15) is 5.10 Å². The van der Waals surface area contributed by atoms with Gasteiger partial charge in [0.05, 0.1) is 6.20 Å². The SMILES string of the molecule is CCn1cc(CC(=O)c2cccc(Br)c2)cn1. The van der Waals surface area contributed by atoms with Crippen LogP contribution in [0.2, 0.25) is 0 Å². The van der Waals surface area contributed by atoms with Gasteiger partial charge < -0.3 is 0 Å². The van der Waals surface area contributed by atoms with Crippen LogP contribution in [0.3, 0.4) is 0 Å². The number of Topliss-reactive ketones (excluding diaryl/α,β-unsaturated/α-hetero) is 1. The van der Waals surface area contributed by atoms with Crippen molar-refractivity contribution >= 4 is 21.7 Å². The maximum Gasteiger partial charge on any atom is 0.167 e. The van der Waals surface area contributed by atoms with Gasteiger partial charge in [0.2, 0.25) is 0 Å². The summed E-state index contributed by atoms with van der Waals surface area (Å²) in [5.41, 5.74) is 1.68. The van der Waals surface area contributed by atoms with Crippen molar-refractivity contribution < 1.29 is 4.79 Å². The monoisotopic (exact) mass is 292 g/mol. The number of aromatic nitrogens is 2. The lowest BCUT2D eigenvalue weighted by atomic mass is 10.1. The van der Waals surface area contributed by atoms with Crippen LogP contribution < -0.4 is 0 Å². The van der Waals surface area contributed by atoms with Crippen LogP contribution in [0, 0.1) is 0 Å². The third-order valence-corrected chi connectivity index (χ3v) is 3.02.